The number of hydrogen-bond donors (Lipinski definition) is 2. The number of aromatic nitrogens is 1. The van der Waals surface area contributed by atoms with Crippen molar-refractivity contribution in [2.75, 3.05) is 70.8 Å². The smallest absolute Gasteiger partial charge is 0.391 e. The summed E-state index contributed by atoms with van der Waals surface area (Å²) in [6, 6.07) is 7.97. The predicted octanol–water partition coefficient (Wildman–Crippen LogP) is 4.21. The summed E-state index contributed by atoms with van der Waals surface area (Å²) in [6.07, 6.45) is 0.578. The van der Waals surface area contributed by atoms with Gasteiger partial charge in [-0.1, -0.05) is 0 Å². The summed E-state index contributed by atoms with van der Waals surface area (Å²) in [5, 5.41) is 30.3. The topological polar surface area (TPSA) is 128 Å². The second-order valence-electron chi connectivity index (χ2n) is 11.4. The molecule has 2 aromatic rings. The molecule has 0 spiro atoms. The first-order valence-electron chi connectivity index (χ1n) is 15.7. The molecular weight excluding hydrogens is 600 g/mol. The standard InChI is InChI=1S/C32H55N4O8S/c1-24(37)18-41-28(5)22-43-26(3)20-39-15-12-36(13-16-40-21-27(4)44-23-29(6)42-19-25(2)38)31-10-8-30(9-11-31)33-34-32-35(7)14-17-45-32/h8-11,14,17,24-29,37-38H,12-13,15-16,18-23H2,1-7H3/q+1. The Kier molecular flexibility index (Phi) is 19.5. The van der Waals surface area contributed by atoms with Crippen LogP contribution in [0.1, 0.15) is 41.5 Å². The van der Waals surface area contributed by atoms with Crippen LogP contribution in [0.3, 0.4) is 0 Å². The molecule has 256 valence electrons. The van der Waals surface area contributed by atoms with Gasteiger partial charge in [-0.3, -0.25) is 0 Å². The van der Waals surface area contributed by atoms with Crippen molar-refractivity contribution >= 4 is 27.8 Å². The number of benzene rings is 1. The van der Waals surface area contributed by atoms with E-state index in [1.165, 1.54) is 11.3 Å². The summed E-state index contributed by atoms with van der Waals surface area (Å²) in [6.45, 7) is 15.9. The summed E-state index contributed by atoms with van der Waals surface area (Å²) in [4.78, 5) is 2.22. The van der Waals surface area contributed by atoms with Gasteiger partial charge in [-0.2, -0.15) is 0 Å². The maximum Gasteiger partial charge on any atom is 0.408 e. The normalized spacial score (nSPS) is 16.0. The zero-order valence-electron chi connectivity index (χ0n) is 28.0. The van der Waals surface area contributed by atoms with Crippen LogP contribution >= 0.6 is 11.3 Å². The Balaban J connectivity index is 1.84. The number of rotatable bonds is 25. The summed E-state index contributed by atoms with van der Waals surface area (Å²) < 4.78 is 36.6. The van der Waals surface area contributed by atoms with Crippen LogP contribution in [-0.2, 0) is 35.5 Å². The average molecular weight is 656 g/mol. The maximum absolute atomic E-state index is 9.37. The predicted molar refractivity (Wildman–Crippen MR) is 175 cm³/mol. The van der Waals surface area contributed by atoms with E-state index in [1.54, 1.807) is 13.8 Å². The number of ether oxygens (including phenoxy) is 6. The first-order chi connectivity index (χ1) is 21.5. The van der Waals surface area contributed by atoms with Crippen molar-refractivity contribution in [2.24, 2.45) is 17.3 Å². The van der Waals surface area contributed by atoms with Crippen molar-refractivity contribution in [3.05, 3.63) is 35.8 Å². The van der Waals surface area contributed by atoms with E-state index in [2.05, 4.69) is 15.1 Å². The molecular formula is C32H55N4O8S+. The van der Waals surface area contributed by atoms with Crippen LogP contribution < -0.4 is 9.47 Å². The van der Waals surface area contributed by atoms with Crippen molar-refractivity contribution in [3.63, 3.8) is 0 Å². The third-order valence-electron chi connectivity index (χ3n) is 6.42. The van der Waals surface area contributed by atoms with E-state index in [4.69, 9.17) is 28.4 Å². The molecule has 0 bridgehead atoms. The third kappa shape index (κ3) is 18.0. The first-order valence-corrected chi connectivity index (χ1v) is 16.6. The molecule has 0 aliphatic heterocycles. The Bertz CT molecular complexity index is 1020. The monoisotopic (exact) mass is 655 g/mol. The van der Waals surface area contributed by atoms with Gasteiger partial charge in [0.25, 0.3) is 0 Å². The Labute approximate surface area is 272 Å². The fourth-order valence-corrected chi connectivity index (χ4v) is 4.55. The number of aliphatic hydroxyl groups excluding tert-OH is 2. The highest BCUT2D eigenvalue weighted by Gasteiger charge is 2.13. The molecule has 1 heterocycles. The van der Waals surface area contributed by atoms with Crippen LogP contribution in [0.4, 0.5) is 16.5 Å². The summed E-state index contributed by atoms with van der Waals surface area (Å²) in [7, 11) is 1.94. The molecule has 1 aromatic carbocycles. The maximum atomic E-state index is 9.37. The number of thiazole rings is 1. The highest BCUT2D eigenvalue weighted by molar-refractivity contribution is 7.12. The van der Waals surface area contributed by atoms with E-state index < -0.39 is 12.2 Å². The Hall–Kier alpha value is -2.07. The van der Waals surface area contributed by atoms with E-state index in [0.717, 1.165) is 16.5 Å². The number of aryl methyl sites for hydroxylation is 1. The minimum absolute atomic E-state index is 0.0872. The van der Waals surface area contributed by atoms with Crippen molar-refractivity contribution in [2.45, 2.75) is 78.2 Å². The van der Waals surface area contributed by atoms with E-state index >= 15 is 0 Å². The van der Waals surface area contributed by atoms with Crippen molar-refractivity contribution < 1.29 is 43.2 Å². The number of anilines is 1. The molecule has 0 aliphatic carbocycles. The van der Waals surface area contributed by atoms with Crippen LogP contribution in [0.2, 0.25) is 0 Å². The van der Waals surface area contributed by atoms with Crippen LogP contribution in [-0.4, -0.2) is 113 Å². The van der Waals surface area contributed by atoms with Gasteiger partial charge in [0.05, 0.1) is 102 Å². The molecule has 0 saturated carbocycles. The molecule has 0 amide bonds. The second kappa shape index (κ2) is 22.5. The van der Waals surface area contributed by atoms with E-state index in [1.807, 2.05) is 75.2 Å². The van der Waals surface area contributed by atoms with E-state index in [-0.39, 0.29) is 37.6 Å². The number of hydrogen-bond acceptors (Lipinski definition) is 12. The SMILES string of the molecule is CC(O)COC(C)COC(C)COCCN(CCOCC(C)OCC(C)OCC(C)O)c1ccc(/N=N/c2scc[n+]2C)cc1. The lowest BCUT2D eigenvalue weighted by Crippen LogP contribution is -2.33. The zero-order chi connectivity index (χ0) is 33.0. The van der Waals surface area contributed by atoms with Gasteiger partial charge in [0.2, 0.25) is 0 Å². The van der Waals surface area contributed by atoms with E-state index in [9.17, 15) is 10.2 Å². The van der Waals surface area contributed by atoms with Gasteiger partial charge in [0.1, 0.15) is 11.9 Å². The lowest BCUT2D eigenvalue weighted by Gasteiger charge is -2.26. The van der Waals surface area contributed by atoms with Gasteiger partial charge < -0.3 is 43.5 Å². The Morgan fingerprint density at radius 1 is 0.689 bits per heavy atom. The quantitative estimate of drug-likeness (QED) is 0.0919. The van der Waals surface area contributed by atoms with Gasteiger partial charge >= 0.3 is 5.13 Å². The van der Waals surface area contributed by atoms with Gasteiger partial charge in [0.15, 0.2) is 0 Å². The molecule has 6 unspecified atom stereocenters. The van der Waals surface area contributed by atoms with Gasteiger partial charge in [-0.15, -0.1) is 0 Å². The van der Waals surface area contributed by atoms with Crippen LogP contribution in [0.25, 0.3) is 0 Å². The molecule has 2 N–H and O–H groups in total. The number of aliphatic hydroxyl groups is 2. The summed E-state index contributed by atoms with van der Waals surface area (Å²) in [5.74, 6) is 0. The van der Waals surface area contributed by atoms with E-state index in [0.29, 0.717) is 52.7 Å². The molecule has 2 rings (SSSR count). The number of nitrogens with zero attached hydrogens (tertiary/aromatic N) is 4. The minimum Gasteiger partial charge on any atom is -0.391 e. The molecule has 6 atom stereocenters. The highest BCUT2D eigenvalue weighted by atomic mass is 32.1. The van der Waals surface area contributed by atoms with Crippen LogP contribution in [0, 0.1) is 0 Å². The van der Waals surface area contributed by atoms with Crippen molar-refractivity contribution in [3.8, 4) is 0 Å². The van der Waals surface area contributed by atoms with Gasteiger partial charge in [0, 0.05) is 24.2 Å². The van der Waals surface area contributed by atoms with Crippen LogP contribution in [0.5, 0.6) is 0 Å². The Morgan fingerprint density at radius 2 is 1.16 bits per heavy atom. The summed E-state index contributed by atoms with van der Waals surface area (Å²) >= 11 is 1.54. The molecule has 45 heavy (non-hydrogen) atoms. The molecule has 1 aromatic heterocycles. The molecule has 0 aliphatic rings. The van der Waals surface area contributed by atoms with Gasteiger partial charge in [-0.25, -0.2) is 4.57 Å². The summed E-state index contributed by atoms with van der Waals surface area (Å²) in [5.41, 5.74) is 1.81. The van der Waals surface area contributed by atoms with Crippen molar-refractivity contribution in [1.82, 2.24) is 0 Å². The molecule has 0 radical (unpaired) electrons. The second-order valence-corrected chi connectivity index (χ2v) is 12.3. The molecule has 12 nitrogen and oxygen atoms in total. The van der Waals surface area contributed by atoms with Crippen molar-refractivity contribution in [1.29, 1.82) is 0 Å². The average Bonchev–Trinajstić information content (AvgIpc) is 3.43. The largest absolute Gasteiger partial charge is 0.408 e. The third-order valence-corrected chi connectivity index (χ3v) is 7.25. The molecule has 13 heteroatoms. The molecule has 0 fully saturated rings. The molecule has 0 saturated heterocycles. The Morgan fingerprint density at radius 3 is 1.60 bits per heavy atom. The lowest BCUT2D eigenvalue weighted by atomic mass is 10.2. The van der Waals surface area contributed by atoms with Gasteiger partial charge in [-0.05, 0) is 82.3 Å². The zero-order valence-corrected chi connectivity index (χ0v) is 28.9. The lowest BCUT2D eigenvalue weighted by molar-refractivity contribution is -0.654. The van der Waals surface area contributed by atoms with Crippen LogP contribution in [0.15, 0.2) is 46.1 Å². The minimum atomic E-state index is -0.496. The highest BCUT2D eigenvalue weighted by Crippen LogP contribution is 2.22. The fourth-order valence-electron chi connectivity index (χ4n) is 3.87. The first kappa shape index (κ1) is 39.1. The number of azo groups is 1. The fraction of sp³-hybridized carbons (Fsp3) is 0.719.